The molecule has 0 radical (unpaired) electrons. The van der Waals surface area contributed by atoms with E-state index in [4.69, 9.17) is 9.72 Å². The molecule has 0 aliphatic carbocycles. The molecule has 0 atom stereocenters. The minimum Gasteiger partial charge on any atom is -0.497 e. The summed E-state index contributed by atoms with van der Waals surface area (Å²) < 4.78 is 40.2. The highest BCUT2D eigenvalue weighted by Gasteiger charge is 2.21. The van der Waals surface area contributed by atoms with E-state index in [2.05, 4.69) is 15.6 Å². The molecule has 2 amide bonds. The molecule has 0 saturated heterocycles. The molecule has 0 fully saturated rings. The number of carbonyl (C=O) groups excluding carboxylic acids is 1. The number of hydrogen-bond acceptors (Lipinski definition) is 8. The molecule has 0 aliphatic heterocycles. The van der Waals surface area contributed by atoms with E-state index in [-0.39, 0.29) is 10.9 Å². The summed E-state index contributed by atoms with van der Waals surface area (Å²) in [5.74, 6) is 0.707. The predicted octanol–water partition coefficient (Wildman–Crippen LogP) is 7.45. The smallest absolute Gasteiger partial charge is 0.323 e. The van der Waals surface area contributed by atoms with Crippen LogP contribution in [0.3, 0.4) is 0 Å². The number of ether oxygens (including phenoxy) is 1. The number of aromatic nitrogens is 2. The zero-order chi connectivity index (χ0) is 28.7. The van der Waals surface area contributed by atoms with E-state index < -0.39 is 10.1 Å². The fourth-order valence-electron chi connectivity index (χ4n) is 4.36. The first-order valence-corrected chi connectivity index (χ1v) is 15.4. The summed E-state index contributed by atoms with van der Waals surface area (Å²) in [5, 5.41) is 7.07. The van der Waals surface area contributed by atoms with Crippen LogP contribution in [0.15, 0.2) is 83.8 Å². The van der Waals surface area contributed by atoms with Crippen LogP contribution in [-0.4, -0.2) is 36.1 Å². The van der Waals surface area contributed by atoms with Crippen molar-refractivity contribution in [2.24, 2.45) is 0 Å². The van der Waals surface area contributed by atoms with Crippen molar-refractivity contribution in [3.63, 3.8) is 0 Å². The molecule has 206 valence electrons. The number of hydrogen-bond donors (Lipinski definition) is 3. The van der Waals surface area contributed by atoms with Gasteiger partial charge in [-0.05, 0) is 85.3 Å². The first-order valence-electron chi connectivity index (χ1n) is 12.3. The van der Waals surface area contributed by atoms with E-state index in [0.29, 0.717) is 37.9 Å². The van der Waals surface area contributed by atoms with Gasteiger partial charge in [-0.25, -0.2) is 14.8 Å². The molecule has 6 rings (SSSR count). The molecule has 3 N–H and O–H groups in total. The number of amides is 2. The maximum Gasteiger partial charge on any atom is 0.323 e. The number of urea groups is 1. The van der Waals surface area contributed by atoms with E-state index in [1.807, 2.05) is 42.5 Å². The number of anilines is 2. The third-order valence-electron chi connectivity index (χ3n) is 6.34. The van der Waals surface area contributed by atoms with Crippen molar-refractivity contribution in [3.05, 3.63) is 84.4 Å². The Hall–Kier alpha value is -4.36. The third kappa shape index (κ3) is 5.50. The second kappa shape index (κ2) is 10.6. The predicted molar refractivity (Wildman–Crippen MR) is 164 cm³/mol. The van der Waals surface area contributed by atoms with Crippen LogP contribution >= 0.6 is 22.7 Å². The van der Waals surface area contributed by atoms with E-state index in [9.17, 15) is 17.8 Å². The SMILES string of the molecule is COc1ccc(NC(=O)Nc2ccc(-c3nc4ccc(-c5nc6ccc(C)c(S(=O)(=O)O)c6s5)cc4s3)cc2)cc1. The van der Waals surface area contributed by atoms with Gasteiger partial charge in [0, 0.05) is 22.5 Å². The molecule has 0 spiro atoms. The van der Waals surface area contributed by atoms with Gasteiger partial charge in [0.05, 0.1) is 27.5 Å². The van der Waals surface area contributed by atoms with Crippen LogP contribution in [0.5, 0.6) is 5.75 Å². The zero-order valence-corrected chi connectivity index (χ0v) is 24.2. The number of thiazole rings is 2. The Morgan fingerprint density at radius 1 is 0.805 bits per heavy atom. The summed E-state index contributed by atoms with van der Waals surface area (Å²) in [4.78, 5) is 21.7. The van der Waals surface area contributed by atoms with Crippen molar-refractivity contribution in [1.82, 2.24) is 9.97 Å². The molecular formula is C29H22N4O5S3. The number of carbonyl (C=O) groups is 1. The maximum absolute atomic E-state index is 12.4. The molecule has 0 unspecified atom stereocenters. The average Bonchev–Trinajstić information content (AvgIpc) is 3.57. The first kappa shape index (κ1) is 26.8. The fourth-order valence-corrected chi connectivity index (χ4v) is 7.67. The molecule has 4 aromatic carbocycles. The van der Waals surface area contributed by atoms with Crippen molar-refractivity contribution >= 4 is 70.6 Å². The van der Waals surface area contributed by atoms with Gasteiger partial charge < -0.3 is 15.4 Å². The van der Waals surface area contributed by atoms with E-state index in [0.717, 1.165) is 26.4 Å². The van der Waals surface area contributed by atoms with Gasteiger partial charge in [-0.3, -0.25) is 4.55 Å². The maximum atomic E-state index is 12.4. The topological polar surface area (TPSA) is 131 Å². The molecule has 0 aliphatic rings. The minimum atomic E-state index is -4.39. The van der Waals surface area contributed by atoms with Gasteiger partial charge in [0.2, 0.25) is 0 Å². The van der Waals surface area contributed by atoms with Crippen LogP contribution in [0, 0.1) is 6.92 Å². The van der Waals surface area contributed by atoms with Crippen molar-refractivity contribution in [3.8, 4) is 26.9 Å². The lowest BCUT2D eigenvalue weighted by Gasteiger charge is -2.08. The second-order valence-electron chi connectivity index (χ2n) is 9.14. The Kier molecular flexibility index (Phi) is 6.91. The standard InChI is InChI=1S/C29H22N4O5S3/c1-16-3-13-23-25(26(16)41(35,36)37)40-28(33-23)18-6-14-22-24(15-18)39-27(32-22)17-4-7-19(8-5-17)30-29(34)31-20-9-11-21(38-2)12-10-20/h3-15H,1-2H3,(H2,30,31,34)(H,35,36,37). The number of methoxy groups -OCH3 is 1. The lowest BCUT2D eigenvalue weighted by molar-refractivity contribution is 0.262. The second-order valence-corrected chi connectivity index (χ2v) is 12.5. The highest BCUT2D eigenvalue weighted by molar-refractivity contribution is 7.86. The number of nitrogens with zero attached hydrogens (tertiary/aromatic N) is 2. The largest absolute Gasteiger partial charge is 0.497 e. The van der Waals surface area contributed by atoms with Crippen LogP contribution < -0.4 is 15.4 Å². The van der Waals surface area contributed by atoms with E-state index in [1.54, 1.807) is 50.4 Å². The van der Waals surface area contributed by atoms with Crippen molar-refractivity contribution < 1.29 is 22.5 Å². The summed E-state index contributed by atoms with van der Waals surface area (Å²) >= 11 is 2.75. The number of rotatable bonds is 6. The molecule has 2 aromatic heterocycles. The van der Waals surface area contributed by atoms with Crippen molar-refractivity contribution in [1.29, 1.82) is 0 Å². The highest BCUT2D eigenvalue weighted by atomic mass is 32.2. The van der Waals surface area contributed by atoms with Crippen LogP contribution in [0.4, 0.5) is 16.2 Å². The summed E-state index contributed by atoms with van der Waals surface area (Å²) in [6.07, 6.45) is 0. The van der Waals surface area contributed by atoms with Gasteiger partial charge in [-0.15, -0.1) is 22.7 Å². The quantitative estimate of drug-likeness (QED) is 0.169. The van der Waals surface area contributed by atoms with Gasteiger partial charge in [0.15, 0.2) is 0 Å². The normalized spacial score (nSPS) is 11.6. The van der Waals surface area contributed by atoms with Crippen LogP contribution in [0.25, 0.3) is 41.6 Å². The molecular weight excluding hydrogens is 581 g/mol. The molecule has 6 aromatic rings. The van der Waals surface area contributed by atoms with Gasteiger partial charge in [-0.1, -0.05) is 6.07 Å². The van der Waals surface area contributed by atoms with Crippen LogP contribution in [-0.2, 0) is 10.1 Å². The van der Waals surface area contributed by atoms with Gasteiger partial charge in [-0.2, -0.15) is 8.42 Å². The number of benzene rings is 4. The summed E-state index contributed by atoms with van der Waals surface area (Å²) in [7, 11) is -2.80. The third-order valence-corrected chi connectivity index (χ3v) is 9.72. The minimum absolute atomic E-state index is 0.101. The van der Waals surface area contributed by atoms with Crippen molar-refractivity contribution in [2.75, 3.05) is 17.7 Å². The molecule has 41 heavy (non-hydrogen) atoms. The lowest BCUT2D eigenvalue weighted by atomic mass is 10.2. The Morgan fingerprint density at radius 3 is 2.05 bits per heavy atom. The number of aryl methyl sites for hydroxylation is 1. The number of nitrogens with one attached hydrogen (secondary N) is 2. The zero-order valence-electron chi connectivity index (χ0n) is 21.7. The lowest BCUT2D eigenvalue weighted by Crippen LogP contribution is -2.19. The van der Waals surface area contributed by atoms with Crippen LogP contribution in [0.2, 0.25) is 0 Å². The fraction of sp³-hybridized carbons (Fsp3) is 0.0690. The summed E-state index contributed by atoms with van der Waals surface area (Å²) in [5.41, 5.74) is 4.83. The Morgan fingerprint density at radius 2 is 1.39 bits per heavy atom. The average molecular weight is 603 g/mol. The molecule has 0 bridgehead atoms. The first-order chi connectivity index (χ1) is 19.7. The van der Waals surface area contributed by atoms with Gasteiger partial charge in [0.25, 0.3) is 10.1 Å². The van der Waals surface area contributed by atoms with Gasteiger partial charge >= 0.3 is 6.03 Å². The monoisotopic (exact) mass is 602 g/mol. The van der Waals surface area contributed by atoms with E-state index >= 15 is 0 Å². The molecule has 2 heterocycles. The highest BCUT2D eigenvalue weighted by Crippen LogP contribution is 2.38. The molecule has 9 nitrogen and oxygen atoms in total. The van der Waals surface area contributed by atoms with Gasteiger partial charge in [0.1, 0.15) is 20.7 Å². The van der Waals surface area contributed by atoms with Crippen LogP contribution in [0.1, 0.15) is 5.56 Å². The molecule has 12 heteroatoms. The Bertz CT molecular complexity index is 2030. The van der Waals surface area contributed by atoms with E-state index in [1.165, 1.54) is 22.7 Å². The van der Waals surface area contributed by atoms with Crippen molar-refractivity contribution in [2.45, 2.75) is 11.8 Å². The summed E-state index contributed by atoms with van der Waals surface area (Å²) in [6, 6.07) is 23.3. The summed E-state index contributed by atoms with van der Waals surface area (Å²) in [6.45, 7) is 1.65. The Labute approximate surface area is 243 Å². The Balaban J connectivity index is 1.21. The molecule has 0 saturated carbocycles. The number of fused-ring (bicyclic) bond motifs is 2.